The van der Waals surface area contributed by atoms with E-state index in [1.165, 1.54) is 0 Å². The molecule has 0 aromatic heterocycles. The topological polar surface area (TPSA) is 65.5 Å². The van der Waals surface area contributed by atoms with Gasteiger partial charge in [-0.3, -0.25) is 9.79 Å². The molecule has 3 N–H and O–H groups in total. The molecule has 1 aromatic carbocycles. The summed E-state index contributed by atoms with van der Waals surface area (Å²) in [6.45, 7) is 9.43. The van der Waals surface area contributed by atoms with Crippen LogP contribution in [0, 0.1) is 6.92 Å². The van der Waals surface area contributed by atoms with Gasteiger partial charge in [0, 0.05) is 29.7 Å². The Balaban J connectivity index is 2.50. The SMILES string of the molecule is C=CCNC(=NCCC(=O)Nc1cc(Br)ccc1C)NCC. The molecule has 0 bridgehead atoms. The van der Waals surface area contributed by atoms with Gasteiger partial charge in [0.2, 0.25) is 5.91 Å². The average Bonchev–Trinajstić information content (AvgIpc) is 2.48. The van der Waals surface area contributed by atoms with Crippen molar-refractivity contribution in [2.45, 2.75) is 20.3 Å². The van der Waals surface area contributed by atoms with Crippen molar-refractivity contribution in [2.24, 2.45) is 4.99 Å². The van der Waals surface area contributed by atoms with Crippen LogP contribution >= 0.6 is 15.9 Å². The van der Waals surface area contributed by atoms with Crippen LogP contribution in [0.15, 0.2) is 40.3 Å². The molecule has 0 radical (unpaired) electrons. The molecule has 1 rings (SSSR count). The third-order valence-electron chi connectivity index (χ3n) is 2.84. The fourth-order valence-corrected chi connectivity index (χ4v) is 2.08. The molecular weight excluding hydrogens is 344 g/mol. The number of carbonyl (C=O) groups excluding carboxylic acids is 1. The highest BCUT2D eigenvalue weighted by atomic mass is 79.9. The summed E-state index contributed by atoms with van der Waals surface area (Å²) in [5, 5.41) is 9.11. The Labute approximate surface area is 140 Å². The summed E-state index contributed by atoms with van der Waals surface area (Å²) in [7, 11) is 0. The Morgan fingerprint density at radius 3 is 2.86 bits per heavy atom. The van der Waals surface area contributed by atoms with Crippen molar-refractivity contribution in [3.05, 3.63) is 40.9 Å². The molecule has 0 aliphatic rings. The number of amides is 1. The summed E-state index contributed by atoms with van der Waals surface area (Å²) in [5.74, 6) is 0.637. The number of rotatable bonds is 7. The minimum absolute atomic E-state index is 0.0514. The van der Waals surface area contributed by atoms with Gasteiger partial charge < -0.3 is 16.0 Å². The Morgan fingerprint density at radius 1 is 1.41 bits per heavy atom. The molecule has 0 saturated heterocycles. The molecule has 0 heterocycles. The molecule has 0 saturated carbocycles. The highest BCUT2D eigenvalue weighted by molar-refractivity contribution is 9.10. The molecule has 0 spiro atoms. The quantitative estimate of drug-likeness (QED) is 0.395. The van der Waals surface area contributed by atoms with E-state index in [1.54, 1.807) is 6.08 Å². The summed E-state index contributed by atoms with van der Waals surface area (Å²) in [5.41, 5.74) is 1.85. The fraction of sp³-hybridized carbons (Fsp3) is 0.375. The molecule has 0 atom stereocenters. The number of halogens is 1. The van der Waals surface area contributed by atoms with Crippen LogP contribution in [0.1, 0.15) is 18.9 Å². The van der Waals surface area contributed by atoms with Crippen molar-refractivity contribution in [1.82, 2.24) is 10.6 Å². The van der Waals surface area contributed by atoms with Gasteiger partial charge in [0.15, 0.2) is 5.96 Å². The fourth-order valence-electron chi connectivity index (χ4n) is 1.72. The Bertz CT molecular complexity index is 543. The predicted molar refractivity (Wildman–Crippen MR) is 96.3 cm³/mol. The first-order valence-corrected chi connectivity index (χ1v) is 8.05. The van der Waals surface area contributed by atoms with E-state index in [-0.39, 0.29) is 5.91 Å². The lowest BCUT2D eigenvalue weighted by Crippen LogP contribution is -2.37. The first-order valence-electron chi connectivity index (χ1n) is 7.26. The van der Waals surface area contributed by atoms with Crippen LogP contribution in [0.4, 0.5) is 5.69 Å². The predicted octanol–water partition coefficient (Wildman–Crippen LogP) is 2.83. The largest absolute Gasteiger partial charge is 0.357 e. The molecule has 1 aromatic rings. The molecule has 0 aliphatic carbocycles. The molecule has 120 valence electrons. The zero-order valence-corrected chi connectivity index (χ0v) is 14.7. The molecule has 0 aliphatic heterocycles. The molecule has 0 unspecified atom stereocenters. The summed E-state index contributed by atoms with van der Waals surface area (Å²) < 4.78 is 0.939. The van der Waals surface area contributed by atoms with E-state index in [2.05, 4.69) is 43.5 Å². The van der Waals surface area contributed by atoms with Crippen molar-refractivity contribution in [3.8, 4) is 0 Å². The standard InChI is InChI=1S/C16H23BrN4O/c1-4-9-19-16(18-5-2)20-10-8-15(22)21-14-11-13(17)7-6-12(14)3/h4,6-7,11H,1,5,8-10H2,2-3H3,(H,21,22)(H2,18,19,20). The maximum absolute atomic E-state index is 12.0. The third-order valence-corrected chi connectivity index (χ3v) is 3.33. The highest BCUT2D eigenvalue weighted by Crippen LogP contribution is 2.20. The van der Waals surface area contributed by atoms with E-state index in [9.17, 15) is 4.79 Å². The van der Waals surface area contributed by atoms with E-state index in [1.807, 2.05) is 32.0 Å². The summed E-state index contributed by atoms with van der Waals surface area (Å²) in [4.78, 5) is 16.3. The lowest BCUT2D eigenvalue weighted by atomic mass is 10.2. The van der Waals surface area contributed by atoms with Crippen LogP contribution in [0.3, 0.4) is 0 Å². The zero-order valence-electron chi connectivity index (χ0n) is 13.1. The number of carbonyl (C=O) groups is 1. The maximum atomic E-state index is 12.0. The molecular formula is C16H23BrN4O. The first kappa shape index (κ1) is 18.2. The second-order valence-corrected chi connectivity index (χ2v) is 5.60. The summed E-state index contributed by atoms with van der Waals surface area (Å²) in [6, 6.07) is 5.80. The van der Waals surface area contributed by atoms with Crippen molar-refractivity contribution >= 4 is 33.5 Å². The van der Waals surface area contributed by atoms with Gasteiger partial charge in [-0.2, -0.15) is 0 Å². The van der Waals surface area contributed by atoms with Crippen molar-refractivity contribution in [2.75, 3.05) is 25.0 Å². The highest BCUT2D eigenvalue weighted by Gasteiger charge is 2.05. The summed E-state index contributed by atoms with van der Waals surface area (Å²) in [6.07, 6.45) is 2.09. The molecule has 1 amide bonds. The maximum Gasteiger partial charge on any atom is 0.226 e. The van der Waals surface area contributed by atoms with Gasteiger partial charge in [-0.25, -0.2) is 0 Å². The average molecular weight is 367 g/mol. The van der Waals surface area contributed by atoms with Gasteiger partial charge in [0.25, 0.3) is 0 Å². The monoisotopic (exact) mass is 366 g/mol. The molecule has 6 heteroatoms. The van der Waals surface area contributed by atoms with Gasteiger partial charge in [-0.15, -0.1) is 6.58 Å². The van der Waals surface area contributed by atoms with Crippen LogP contribution in [0.2, 0.25) is 0 Å². The second-order valence-electron chi connectivity index (χ2n) is 4.69. The lowest BCUT2D eigenvalue weighted by molar-refractivity contribution is -0.116. The van der Waals surface area contributed by atoms with Gasteiger partial charge in [0.05, 0.1) is 6.54 Å². The van der Waals surface area contributed by atoms with Crippen LogP contribution < -0.4 is 16.0 Å². The first-order chi connectivity index (χ1) is 10.6. The normalized spacial score (nSPS) is 11.0. The van der Waals surface area contributed by atoms with E-state index < -0.39 is 0 Å². The number of hydrogen-bond donors (Lipinski definition) is 3. The van der Waals surface area contributed by atoms with E-state index >= 15 is 0 Å². The summed E-state index contributed by atoms with van der Waals surface area (Å²) >= 11 is 3.40. The third kappa shape index (κ3) is 6.76. The van der Waals surface area contributed by atoms with Gasteiger partial charge in [-0.1, -0.05) is 28.1 Å². The molecule has 22 heavy (non-hydrogen) atoms. The van der Waals surface area contributed by atoms with Crippen LogP contribution in [-0.4, -0.2) is 31.5 Å². The number of aliphatic imine (C=N–C) groups is 1. The second kappa shape index (κ2) is 10.00. The van der Waals surface area contributed by atoms with E-state index in [0.29, 0.717) is 25.5 Å². The number of aryl methyl sites for hydroxylation is 1. The minimum atomic E-state index is -0.0514. The number of nitrogens with zero attached hydrogens (tertiary/aromatic N) is 1. The Hall–Kier alpha value is -1.82. The van der Waals surface area contributed by atoms with Crippen LogP contribution in [-0.2, 0) is 4.79 Å². The Morgan fingerprint density at radius 2 is 2.18 bits per heavy atom. The van der Waals surface area contributed by atoms with Crippen LogP contribution in [0.5, 0.6) is 0 Å². The van der Waals surface area contributed by atoms with Gasteiger partial charge in [-0.05, 0) is 31.5 Å². The lowest BCUT2D eigenvalue weighted by Gasteiger charge is -2.10. The van der Waals surface area contributed by atoms with Crippen molar-refractivity contribution in [1.29, 1.82) is 0 Å². The van der Waals surface area contributed by atoms with E-state index in [4.69, 9.17) is 0 Å². The van der Waals surface area contributed by atoms with Crippen molar-refractivity contribution < 1.29 is 4.79 Å². The number of benzene rings is 1. The number of nitrogens with one attached hydrogen (secondary N) is 3. The molecule has 5 nitrogen and oxygen atoms in total. The number of hydrogen-bond acceptors (Lipinski definition) is 2. The van der Waals surface area contributed by atoms with Crippen LogP contribution in [0.25, 0.3) is 0 Å². The van der Waals surface area contributed by atoms with Crippen molar-refractivity contribution in [3.63, 3.8) is 0 Å². The minimum Gasteiger partial charge on any atom is -0.357 e. The smallest absolute Gasteiger partial charge is 0.226 e. The van der Waals surface area contributed by atoms with Gasteiger partial charge in [0.1, 0.15) is 0 Å². The van der Waals surface area contributed by atoms with Gasteiger partial charge >= 0.3 is 0 Å². The van der Waals surface area contributed by atoms with E-state index in [0.717, 1.165) is 22.3 Å². The number of guanidine groups is 1. The zero-order chi connectivity index (χ0) is 16.4. The number of anilines is 1. The Kier molecular flexibility index (Phi) is 8.28. The molecule has 0 fully saturated rings.